The molecular formula is C19H19ClN2O3S. The van der Waals surface area contributed by atoms with Gasteiger partial charge in [-0.05, 0) is 50.6 Å². The minimum atomic E-state index is -0.521. The first-order valence-corrected chi connectivity index (χ1v) is 9.20. The molecule has 0 N–H and O–H groups in total. The molecule has 5 nitrogen and oxygen atoms in total. The highest BCUT2D eigenvalue weighted by Gasteiger charge is 2.20. The Morgan fingerprint density at radius 2 is 2.00 bits per heavy atom. The molecule has 1 aromatic carbocycles. The summed E-state index contributed by atoms with van der Waals surface area (Å²) in [5.74, 6) is -0.910. The third-order valence-electron chi connectivity index (χ3n) is 3.79. The Kier molecular flexibility index (Phi) is 6.78. The van der Waals surface area contributed by atoms with Crippen molar-refractivity contribution in [3.8, 4) is 6.07 Å². The predicted octanol–water partition coefficient (Wildman–Crippen LogP) is 4.43. The van der Waals surface area contributed by atoms with Gasteiger partial charge < -0.3 is 9.64 Å². The van der Waals surface area contributed by atoms with E-state index in [1.54, 1.807) is 24.3 Å². The van der Waals surface area contributed by atoms with Crippen LogP contribution in [0.15, 0.2) is 24.3 Å². The van der Waals surface area contributed by atoms with Crippen LogP contribution in [0.1, 0.15) is 32.1 Å². The second-order valence-corrected chi connectivity index (χ2v) is 7.66. The number of benzene rings is 1. The van der Waals surface area contributed by atoms with Crippen molar-refractivity contribution in [3.05, 3.63) is 50.2 Å². The van der Waals surface area contributed by atoms with E-state index < -0.39 is 5.97 Å². The lowest BCUT2D eigenvalue weighted by Gasteiger charge is -2.22. The van der Waals surface area contributed by atoms with E-state index >= 15 is 0 Å². The highest BCUT2D eigenvalue weighted by atomic mass is 35.5. The molecular weight excluding hydrogens is 372 g/mol. The molecule has 0 unspecified atom stereocenters. The Hall–Kier alpha value is -2.36. The summed E-state index contributed by atoms with van der Waals surface area (Å²) in [6.45, 7) is 5.41. The van der Waals surface area contributed by atoms with Crippen molar-refractivity contribution in [1.82, 2.24) is 0 Å². The maximum atomic E-state index is 12.6. The smallest absolute Gasteiger partial charge is 0.339 e. The number of carbonyl (C=O) groups is 2. The van der Waals surface area contributed by atoms with Crippen LogP contribution in [0.3, 0.4) is 0 Å². The molecule has 1 heterocycles. The van der Waals surface area contributed by atoms with Gasteiger partial charge in [-0.2, -0.15) is 5.26 Å². The highest BCUT2D eigenvalue weighted by molar-refractivity contribution is 7.12. The number of amides is 1. The third-order valence-corrected chi connectivity index (χ3v) is 5.18. The maximum Gasteiger partial charge on any atom is 0.339 e. The van der Waals surface area contributed by atoms with E-state index in [2.05, 4.69) is 0 Å². The van der Waals surface area contributed by atoms with Crippen molar-refractivity contribution in [1.29, 1.82) is 5.26 Å². The standard InChI is InChI=1S/C19H19ClN2O3S/c1-12-9-15(5-6-17(12)20)22(8-4-7-21)18(23)11-25-19(24)16-10-13(2)26-14(16)3/h5-6,9-10H,4,8,11H2,1-3H3. The molecule has 0 saturated heterocycles. The summed E-state index contributed by atoms with van der Waals surface area (Å²) in [5.41, 5.74) is 1.91. The molecule has 0 spiro atoms. The fourth-order valence-corrected chi connectivity index (χ4v) is 3.50. The first-order chi connectivity index (χ1) is 12.3. The summed E-state index contributed by atoms with van der Waals surface area (Å²) in [6, 6.07) is 8.95. The number of aryl methyl sites for hydroxylation is 3. The Morgan fingerprint density at radius 3 is 2.58 bits per heavy atom. The van der Waals surface area contributed by atoms with Crippen molar-refractivity contribution < 1.29 is 14.3 Å². The van der Waals surface area contributed by atoms with E-state index in [0.29, 0.717) is 16.3 Å². The molecule has 1 aromatic heterocycles. The van der Waals surface area contributed by atoms with Crippen LogP contribution in [-0.2, 0) is 9.53 Å². The Labute approximate surface area is 161 Å². The summed E-state index contributed by atoms with van der Waals surface area (Å²) in [5, 5.41) is 9.44. The molecule has 2 rings (SSSR count). The average molecular weight is 391 g/mol. The lowest BCUT2D eigenvalue weighted by molar-refractivity contribution is -0.121. The average Bonchev–Trinajstić information content (AvgIpc) is 2.94. The molecule has 0 fully saturated rings. The van der Waals surface area contributed by atoms with Gasteiger partial charge in [0.05, 0.1) is 18.1 Å². The van der Waals surface area contributed by atoms with Crippen LogP contribution in [0.2, 0.25) is 5.02 Å². The summed E-state index contributed by atoms with van der Waals surface area (Å²) >= 11 is 7.54. The third kappa shape index (κ3) is 4.84. The summed E-state index contributed by atoms with van der Waals surface area (Å²) in [4.78, 5) is 28.1. The lowest BCUT2D eigenvalue weighted by Crippen LogP contribution is -2.35. The van der Waals surface area contributed by atoms with Crippen LogP contribution in [-0.4, -0.2) is 25.0 Å². The van der Waals surface area contributed by atoms with Crippen molar-refractivity contribution in [2.45, 2.75) is 27.2 Å². The number of esters is 1. The molecule has 0 aliphatic rings. The molecule has 0 aliphatic carbocycles. The van der Waals surface area contributed by atoms with Crippen molar-refractivity contribution in [2.24, 2.45) is 0 Å². The second kappa shape index (κ2) is 8.84. The fourth-order valence-electron chi connectivity index (χ4n) is 2.47. The number of nitrogens with zero attached hydrogens (tertiary/aromatic N) is 2. The van der Waals surface area contributed by atoms with Crippen LogP contribution >= 0.6 is 22.9 Å². The Balaban J connectivity index is 2.11. The van der Waals surface area contributed by atoms with Crippen LogP contribution in [0.25, 0.3) is 0 Å². The summed E-state index contributed by atoms with van der Waals surface area (Å²) < 4.78 is 5.19. The molecule has 0 aliphatic heterocycles. The lowest BCUT2D eigenvalue weighted by atomic mass is 10.2. The number of carbonyl (C=O) groups excluding carboxylic acids is 2. The maximum absolute atomic E-state index is 12.6. The van der Waals surface area contributed by atoms with Gasteiger partial charge in [0.25, 0.3) is 5.91 Å². The Bertz CT molecular complexity index is 870. The van der Waals surface area contributed by atoms with Gasteiger partial charge in [0, 0.05) is 27.0 Å². The van der Waals surface area contributed by atoms with E-state index in [1.807, 2.05) is 26.8 Å². The van der Waals surface area contributed by atoms with Gasteiger partial charge in [-0.15, -0.1) is 11.3 Å². The summed E-state index contributed by atoms with van der Waals surface area (Å²) in [7, 11) is 0. The number of anilines is 1. The second-order valence-electron chi connectivity index (χ2n) is 5.79. The largest absolute Gasteiger partial charge is 0.452 e. The molecule has 0 bridgehead atoms. The van der Waals surface area contributed by atoms with Crippen LogP contribution in [0.5, 0.6) is 0 Å². The summed E-state index contributed by atoms with van der Waals surface area (Å²) in [6.07, 6.45) is 0.171. The zero-order chi connectivity index (χ0) is 19.3. The minimum absolute atomic E-state index is 0.171. The van der Waals surface area contributed by atoms with E-state index in [-0.39, 0.29) is 25.5 Å². The molecule has 7 heteroatoms. The number of ether oxygens (including phenoxy) is 1. The molecule has 26 heavy (non-hydrogen) atoms. The molecule has 1 amide bonds. The number of hydrogen-bond acceptors (Lipinski definition) is 5. The van der Waals surface area contributed by atoms with E-state index in [0.717, 1.165) is 15.3 Å². The normalized spacial score (nSPS) is 10.3. The number of thiophene rings is 1. The zero-order valence-electron chi connectivity index (χ0n) is 14.8. The van der Waals surface area contributed by atoms with Gasteiger partial charge in [-0.1, -0.05) is 11.6 Å². The highest BCUT2D eigenvalue weighted by Crippen LogP contribution is 2.24. The number of rotatable bonds is 6. The molecule has 0 saturated carbocycles. The monoisotopic (exact) mass is 390 g/mol. The molecule has 2 aromatic rings. The topological polar surface area (TPSA) is 70.4 Å². The Morgan fingerprint density at radius 1 is 1.27 bits per heavy atom. The minimum Gasteiger partial charge on any atom is -0.452 e. The zero-order valence-corrected chi connectivity index (χ0v) is 16.4. The number of hydrogen-bond donors (Lipinski definition) is 0. The van der Waals surface area contributed by atoms with E-state index in [4.69, 9.17) is 21.6 Å². The van der Waals surface area contributed by atoms with Gasteiger partial charge in [-0.3, -0.25) is 4.79 Å². The number of nitriles is 1. The van der Waals surface area contributed by atoms with Crippen LogP contribution in [0.4, 0.5) is 5.69 Å². The fraction of sp³-hybridized carbons (Fsp3) is 0.316. The molecule has 0 atom stereocenters. The first-order valence-electron chi connectivity index (χ1n) is 8.01. The quantitative estimate of drug-likeness (QED) is 0.684. The van der Waals surface area contributed by atoms with Crippen LogP contribution < -0.4 is 4.90 Å². The van der Waals surface area contributed by atoms with Crippen molar-refractivity contribution in [2.75, 3.05) is 18.1 Å². The van der Waals surface area contributed by atoms with Gasteiger partial charge >= 0.3 is 5.97 Å². The molecule has 136 valence electrons. The molecule has 0 radical (unpaired) electrons. The SMILES string of the molecule is Cc1cc(C(=O)OCC(=O)N(CCC#N)c2ccc(Cl)c(C)c2)c(C)s1. The van der Waals surface area contributed by atoms with E-state index in [9.17, 15) is 9.59 Å². The van der Waals surface area contributed by atoms with Gasteiger partial charge in [0.2, 0.25) is 0 Å². The van der Waals surface area contributed by atoms with E-state index in [1.165, 1.54) is 16.2 Å². The van der Waals surface area contributed by atoms with Gasteiger partial charge in [0.1, 0.15) is 0 Å². The van der Waals surface area contributed by atoms with Crippen molar-refractivity contribution in [3.63, 3.8) is 0 Å². The van der Waals surface area contributed by atoms with Crippen LogP contribution in [0, 0.1) is 32.1 Å². The number of halogens is 1. The van der Waals surface area contributed by atoms with Crippen molar-refractivity contribution >= 4 is 40.5 Å². The van der Waals surface area contributed by atoms with Gasteiger partial charge in [-0.25, -0.2) is 4.79 Å². The van der Waals surface area contributed by atoms with Gasteiger partial charge in [0.15, 0.2) is 6.61 Å². The first kappa shape index (κ1) is 20.0. The predicted molar refractivity (Wildman–Crippen MR) is 103 cm³/mol.